The number of nitrogens with zero attached hydrogens (tertiary/aromatic N) is 1. The number of rotatable bonds is 2. The Morgan fingerprint density at radius 1 is 1.67 bits per heavy atom. The van der Waals surface area contributed by atoms with Crippen molar-refractivity contribution in [3.05, 3.63) is 27.1 Å². The van der Waals surface area contributed by atoms with E-state index < -0.39 is 0 Å². The zero-order chi connectivity index (χ0) is 9.14. The molecular weight excluding hydrogens is 263 g/mol. The second-order valence-electron chi connectivity index (χ2n) is 2.89. The highest BCUT2D eigenvalue weighted by Gasteiger charge is 2.04. The predicted molar refractivity (Wildman–Crippen MR) is 58.9 cm³/mol. The Morgan fingerprint density at radius 2 is 2.33 bits per heavy atom. The minimum Gasteiger partial charge on any atom is -0.324 e. The molecule has 1 heterocycles. The van der Waals surface area contributed by atoms with E-state index in [9.17, 15) is 0 Å². The summed E-state index contributed by atoms with van der Waals surface area (Å²) in [6.07, 6.45) is 2.82. The van der Waals surface area contributed by atoms with Crippen LogP contribution in [0.5, 0.6) is 0 Å². The predicted octanol–water partition coefficient (Wildman–Crippen LogP) is 2.40. The van der Waals surface area contributed by atoms with E-state index in [0.717, 1.165) is 15.7 Å². The van der Waals surface area contributed by atoms with E-state index in [1.54, 1.807) is 0 Å². The van der Waals surface area contributed by atoms with Crippen molar-refractivity contribution in [2.45, 2.75) is 26.3 Å². The molecule has 3 heteroatoms. The van der Waals surface area contributed by atoms with E-state index in [4.69, 9.17) is 5.73 Å². The minimum atomic E-state index is 0.133. The highest BCUT2D eigenvalue weighted by atomic mass is 127. The van der Waals surface area contributed by atoms with Crippen LogP contribution < -0.4 is 5.73 Å². The molecule has 2 nitrogen and oxygen atoms in total. The SMILES string of the molecule is CC[C@H](N)c1cnc(I)c(C)c1. The minimum absolute atomic E-state index is 0.133. The summed E-state index contributed by atoms with van der Waals surface area (Å²) in [4.78, 5) is 4.25. The zero-order valence-corrected chi connectivity index (χ0v) is 9.50. The van der Waals surface area contributed by atoms with Gasteiger partial charge in [-0.15, -0.1) is 0 Å². The molecule has 66 valence electrons. The van der Waals surface area contributed by atoms with Crippen LogP contribution in [0.15, 0.2) is 12.3 Å². The van der Waals surface area contributed by atoms with Crippen LogP contribution in [0.4, 0.5) is 0 Å². The van der Waals surface area contributed by atoms with Crippen LogP contribution in [0.2, 0.25) is 0 Å². The molecular formula is C9H13IN2. The fourth-order valence-electron chi connectivity index (χ4n) is 1.02. The summed E-state index contributed by atoms with van der Waals surface area (Å²) in [5, 5.41) is 0. The number of halogens is 1. The van der Waals surface area contributed by atoms with Crippen molar-refractivity contribution in [2.24, 2.45) is 5.73 Å². The van der Waals surface area contributed by atoms with Crippen molar-refractivity contribution in [2.75, 3.05) is 0 Å². The van der Waals surface area contributed by atoms with Crippen molar-refractivity contribution < 1.29 is 0 Å². The number of aromatic nitrogens is 1. The Morgan fingerprint density at radius 3 is 2.83 bits per heavy atom. The Hall–Kier alpha value is -0.160. The van der Waals surface area contributed by atoms with Crippen molar-refractivity contribution in [1.82, 2.24) is 4.98 Å². The summed E-state index contributed by atoms with van der Waals surface area (Å²) in [5.74, 6) is 0. The Labute approximate surface area is 86.7 Å². The maximum Gasteiger partial charge on any atom is 0.104 e. The van der Waals surface area contributed by atoms with Crippen molar-refractivity contribution in [1.29, 1.82) is 0 Å². The van der Waals surface area contributed by atoms with Crippen molar-refractivity contribution >= 4 is 22.6 Å². The number of hydrogen-bond acceptors (Lipinski definition) is 2. The van der Waals surface area contributed by atoms with Gasteiger partial charge in [0.2, 0.25) is 0 Å². The zero-order valence-electron chi connectivity index (χ0n) is 7.34. The molecule has 0 spiro atoms. The third-order valence-corrected chi connectivity index (χ3v) is 3.03. The van der Waals surface area contributed by atoms with Gasteiger partial charge < -0.3 is 5.73 Å². The van der Waals surface area contributed by atoms with E-state index in [-0.39, 0.29) is 6.04 Å². The van der Waals surface area contributed by atoms with Gasteiger partial charge >= 0.3 is 0 Å². The second kappa shape index (κ2) is 4.18. The Balaban J connectivity index is 2.96. The molecule has 0 amide bonds. The van der Waals surface area contributed by atoms with Crippen molar-refractivity contribution in [3.8, 4) is 0 Å². The highest BCUT2D eigenvalue weighted by Crippen LogP contribution is 2.16. The number of nitrogens with two attached hydrogens (primary N) is 1. The topological polar surface area (TPSA) is 38.9 Å². The molecule has 1 aromatic rings. The third kappa shape index (κ3) is 2.17. The Bertz CT molecular complexity index is 273. The van der Waals surface area contributed by atoms with Crippen molar-refractivity contribution in [3.63, 3.8) is 0 Å². The number of pyridine rings is 1. The molecule has 2 N–H and O–H groups in total. The first-order chi connectivity index (χ1) is 5.65. The summed E-state index contributed by atoms with van der Waals surface area (Å²) in [7, 11) is 0. The van der Waals surface area contributed by atoms with Gasteiger partial charge in [-0.2, -0.15) is 0 Å². The lowest BCUT2D eigenvalue weighted by molar-refractivity contribution is 0.693. The molecule has 0 saturated heterocycles. The molecule has 0 aliphatic rings. The van der Waals surface area contributed by atoms with Gasteiger partial charge in [-0.3, -0.25) is 0 Å². The Kier molecular flexibility index (Phi) is 3.46. The summed E-state index contributed by atoms with van der Waals surface area (Å²) in [6.45, 7) is 4.14. The van der Waals surface area contributed by atoms with Crippen LogP contribution in [-0.2, 0) is 0 Å². The van der Waals surface area contributed by atoms with Crippen LogP contribution >= 0.6 is 22.6 Å². The normalized spacial score (nSPS) is 13.0. The summed E-state index contributed by atoms with van der Waals surface area (Å²) >= 11 is 2.22. The van der Waals surface area contributed by atoms with Gasteiger partial charge in [0, 0.05) is 12.2 Å². The fourth-order valence-corrected chi connectivity index (χ4v) is 1.31. The maximum atomic E-state index is 5.87. The van der Waals surface area contributed by atoms with Gasteiger partial charge in [-0.1, -0.05) is 13.0 Å². The van der Waals surface area contributed by atoms with Crippen LogP contribution in [0, 0.1) is 10.6 Å². The lowest BCUT2D eigenvalue weighted by Gasteiger charge is -2.09. The molecule has 0 fully saturated rings. The first kappa shape index (κ1) is 9.92. The molecule has 1 aromatic heterocycles. The third-order valence-electron chi connectivity index (χ3n) is 1.90. The van der Waals surface area contributed by atoms with Gasteiger partial charge in [0.1, 0.15) is 3.70 Å². The monoisotopic (exact) mass is 276 g/mol. The first-order valence-corrected chi connectivity index (χ1v) is 5.10. The van der Waals surface area contributed by atoms with E-state index in [1.165, 1.54) is 5.56 Å². The maximum absolute atomic E-state index is 5.87. The number of hydrogen-bond donors (Lipinski definition) is 1. The van der Waals surface area contributed by atoms with E-state index in [2.05, 4.69) is 47.5 Å². The van der Waals surface area contributed by atoms with Crippen LogP contribution in [0.25, 0.3) is 0 Å². The van der Waals surface area contributed by atoms with E-state index in [1.807, 2.05) is 6.20 Å². The molecule has 0 aliphatic carbocycles. The molecule has 1 rings (SSSR count). The molecule has 0 unspecified atom stereocenters. The smallest absolute Gasteiger partial charge is 0.104 e. The highest BCUT2D eigenvalue weighted by molar-refractivity contribution is 14.1. The molecule has 0 bridgehead atoms. The number of aryl methyl sites for hydroxylation is 1. The van der Waals surface area contributed by atoms with Gasteiger partial charge in [-0.25, -0.2) is 4.98 Å². The molecule has 0 radical (unpaired) electrons. The van der Waals surface area contributed by atoms with Crippen LogP contribution in [-0.4, -0.2) is 4.98 Å². The van der Waals surface area contributed by atoms with Gasteiger partial charge in [0.05, 0.1) is 0 Å². The van der Waals surface area contributed by atoms with Crippen LogP contribution in [0.3, 0.4) is 0 Å². The quantitative estimate of drug-likeness (QED) is 0.665. The van der Waals surface area contributed by atoms with E-state index >= 15 is 0 Å². The largest absolute Gasteiger partial charge is 0.324 e. The average molecular weight is 276 g/mol. The van der Waals surface area contributed by atoms with Crippen LogP contribution in [0.1, 0.15) is 30.5 Å². The standard InChI is InChI=1S/C9H13IN2/c1-3-8(11)7-4-6(2)9(10)12-5-7/h4-5,8H,3,11H2,1-2H3/t8-/m0/s1. The lowest BCUT2D eigenvalue weighted by Crippen LogP contribution is -2.09. The summed E-state index contributed by atoms with van der Waals surface area (Å²) in [6, 6.07) is 2.25. The molecule has 12 heavy (non-hydrogen) atoms. The fraction of sp³-hybridized carbons (Fsp3) is 0.444. The van der Waals surface area contributed by atoms with Gasteiger partial charge in [0.15, 0.2) is 0 Å². The lowest BCUT2D eigenvalue weighted by atomic mass is 10.1. The second-order valence-corrected chi connectivity index (χ2v) is 3.91. The van der Waals surface area contributed by atoms with Gasteiger partial charge in [-0.05, 0) is 47.1 Å². The molecule has 1 atom stereocenters. The average Bonchev–Trinajstić information content (AvgIpc) is 2.08. The molecule has 0 aromatic carbocycles. The summed E-state index contributed by atoms with van der Waals surface area (Å²) in [5.41, 5.74) is 8.21. The first-order valence-electron chi connectivity index (χ1n) is 4.02. The van der Waals surface area contributed by atoms with E-state index in [0.29, 0.717) is 0 Å². The van der Waals surface area contributed by atoms with Gasteiger partial charge in [0.25, 0.3) is 0 Å². The molecule has 0 aliphatic heterocycles. The summed E-state index contributed by atoms with van der Waals surface area (Å²) < 4.78 is 1.06. The molecule has 0 saturated carbocycles.